The highest BCUT2D eigenvalue weighted by molar-refractivity contribution is 5.97. The zero-order chi connectivity index (χ0) is 12.1. The Bertz CT molecular complexity index is 389. The van der Waals surface area contributed by atoms with Crippen LogP contribution in [0.4, 0.5) is 0 Å². The first-order chi connectivity index (χ1) is 7.60. The number of hydrogen-bond acceptors (Lipinski definition) is 3. The van der Waals surface area contributed by atoms with Gasteiger partial charge in [-0.1, -0.05) is 0 Å². The van der Waals surface area contributed by atoms with Gasteiger partial charge in [-0.2, -0.15) is 0 Å². The molecule has 1 amide bonds. The summed E-state index contributed by atoms with van der Waals surface area (Å²) in [6, 6.07) is 3.70. The minimum Gasteiger partial charge on any atom is -0.496 e. The molecule has 3 N–H and O–H groups in total. The van der Waals surface area contributed by atoms with E-state index in [1.807, 2.05) is 26.0 Å². The normalized spacial score (nSPS) is 10.0. The molecule has 0 spiro atoms. The molecular weight excluding hydrogens is 204 g/mol. The van der Waals surface area contributed by atoms with Crippen molar-refractivity contribution in [1.82, 2.24) is 5.32 Å². The van der Waals surface area contributed by atoms with Crippen molar-refractivity contribution >= 4 is 5.91 Å². The highest BCUT2D eigenvalue weighted by Crippen LogP contribution is 2.22. The number of amides is 1. The molecule has 0 heterocycles. The summed E-state index contributed by atoms with van der Waals surface area (Å²) in [7, 11) is 1.56. The van der Waals surface area contributed by atoms with Gasteiger partial charge in [-0.3, -0.25) is 4.79 Å². The zero-order valence-corrected chi connectivity index (χ0v) is 9.96. The van der Waals surface area contributed by atoms with Crippen LogP contribution < -0.4 is 15.8 Å². The van der Waals surface area contributed by atoms with Crippen molar-refractivity contribution in [2.45, 2.75) is 13.8 Å². The third-order valence-electron chi connectivity index (χ3n) is 2.49. The lowest BCUT2D eigenvalue weighted by Crippen LogP contribution is -2.29. The fraction of sp³-hybridized carbons (Fsp3) is 0.417. The summed E-state index contributed by atoms with van der Waals surface area (Å²) in [5.74, 6) is 0.447. The molecule has 88 valence electrons. The van der Waals surface area contributed by atoms with Crippen molar-refractivity contribution in [2.24, 2.45) is 5.73 Å². The van der Waals surface area contributed by atoms with Gasteiger partial charge < -0.3 is 15.8 Å². The van der Waals surface area contributed by atoms with Gasteiger partial charge in [0.05, 0.1) is 12.7 Å². The van der Waals surface area contributed by atoms with Crippen LogP contribution in [0.15, 0.2) is 12.1 Å². The van der Waals surface area contributed by atoms with Gasteiger partial charge >= 0.3 is 0 Å². The Morgan fingerprint density at radius 1 is 1.38 bits per heavy atom. The molecule has 0 atom stereocenters. The number of hydrogen-bond donors (Lipinski definition) is 2. The van der Waals surface area contributed by atoms with Crippen molar-refractivity contribution in [3.63, 3.8) is 0 Å². The minimum absolute atomic E-state index is 0.148. The van der Waals surface area contributed by atoms with E-state index in [1.54, 1.807) is 7.11 Å². The highest BCUT2D eigenvalue weighted by Gasteiger charge is 2.12. The van der Waals surface area contributed by atoms with Crippen LogP contribution >= 0.6 is 0 Å². The lowest BCUT2D eigenvalue weighted by Gasteiger charge is -2.11. The number of nitrogens with one attached hydrogen (secondary N) is 1. The molecule has 16 heavy (non-hydrogen) atoms. The van der Waals surface area contributed by atoms with Crippen LogP contribution in [-0.2, 0) is 0 Å². The molecule has 0 saturated heterocycles. The van der Waals surface area contributed by atoms with E-state index >= 15 is 0 Å². The van der Waals surface area contributed by atoms with Crippen LogP contribution in [0.3, 0.4) is 0 Å². The zero-order valence-electron chi connectivity index (χ0n) is 9.96. The lowest BCUT2D eigenvalue weighted by atomic mass is 10.0. The number of rotatable bonds is 4. The first kappa shape index (κ1) is 12.5. The van der Waals surface area contributed by atoms with Gasteiger partial charge in [-0.15, -0.1) is 0 Å². The Morgan fingerprint density at radius 2 is 2.00 bits per heavy atom. The second-order valence-corrected chi connectivity index (χ2v) is 3.68. The molecule has 4 nitrogen and oxygen atoms in total. The van der Waals surface area contributed by atoms with E-state index in [1.165, 1.54) is 0 Å². The SMILES string of the molecule is COc1cc(C)c(C)cc1C(=O)NCCN. The standard InChI is InChI=1S/C12H18N2O2/c1-8-6-10(12(15)14-5-4-13)11(16-3)7-9(8)2/h6-7H,4-5,13H2,1-3H3,(H,14,15). The molecule has 0 saturated carbocycles. The van der Waals surface area contributed by atoms with Crippen LogP contribution in [0.2, 0.25) is 0 Å². The summed E-state index contributed by atoms with van der Waals surface area (Å²) in [4.78, 5) is 11.8. The number of nitrogens with two attached hydrogens (primary N) is 1. The third kappa shape index (κ3) is 2.73. The Kier molecular flexibility index (Phi) is 4.31. The number of ether oxygens (including phenoxy) is 1. The van der Waals surface area contributed by atoms with E-state index in [9.17, 15) is 4.79 Å². The van der Waals surface area contributed by atoms with Crippen LogP contribution in [0, 0.1) is 13.8 Å². The summed E-state index contributed by atoms with van der Waals surface area (Å²) in [6.07, 6.45) is 0. The highest BCUT2D eigenvalue weighted by atomic mass is 16.5. The Labute approximate surface area is 95.8 Å². The maximum Gasteiger partial charge on any atom is 0.255 e. The molecule has 1 aromatic rings. The van der Waals surface area contributed by atoms with E-state index in [-0.39, 0.29) is 5.91 Å². The molecule has 0 aliphatic carbocycles. The summed E-state index contributed by atoms with van der Waals surface area (Å²) in [6.45, 7) is 4.85. The molecule has 1 aromatic carbocycles. The molecule has 0 unspecified atom stereocenters. The minimum atomic E-state index is -0.148. The van der Waals surface area contributed by atoms with Gasteiger partial charge in [0.2, 0.25) is 0 Å². The van der Waals surface area contributed by atoms with Crippen molar-refractivity contribution in [3.8, 4) is 5.75 Å². The van der Waals surface area contributed by atoms with Crippen LogP contribution in [0.25, 0.3) is 0 Å². The molecule has 1 rings (SSSR count). The van der Waals surface area contributed by atoms with Crippen LogP contribution in [-0.4, -0.2) is 26.1 Å². The number of carbonyl (C=O) groups excluding carboxylic acids is 1. The smallest absolute Gasteiger partial charge is 0.255 e. The van der Waals surface area contributed by atoms with Gasteiger partial charge in [0.1, 0.15) is 5.75 Å². The van der Waals surface area contributed by atoms with Gasteiger partial charge in [0, 0.05) is 13.1 Å². The summed E-state index contributed by atoms with van der Waals surface area (Å²) >= 11 is 0. The fourth-order valence-electron chi connectivity index (χ4n) is 1.42. The largest absolute Gasteiger partial charge is 0.496 e. The molecule has 0 aromatic heterocycles. The van der Waals surface area contributed by atoms with Gasteiger partial charge in [0.15, 0.2) is 0 Å². The molecule has 0 aliphatic heterocycles. The van der Waals surface area contributed by atoms with Crippen LogP contribution in [0.1, 0.15) is 21.5 Å². The van der Waals surface area contributed by atoms with E-state index in [4.69, 9.17) is 10.5 Å². The predicted molar refractivity (Wildman–Crippen MR) is 63.9 cm³/mol. The molecular formula is C12H18N2O2. The van der Waals surface area contributed by atoms with Crippen molar-refractivity contribution in [3.05, 3.63) is 28.8 Å². The quantitative estimate of drug-likeness (QED) is 0.798. The number of carbonyl (C=O) groups is 1. The van der Waals surface area contributed by atoms with Gasteiger partial charge in [0.25, 0.3) is 5.91 Å². The Balaban J connectivity index is 3.02. The van der Waals surface area contributed by atoms with E-state index in [2.05, 4.69) is 5.32 Å². The molecule has 0 aliphatic rings. The van der Waals surface area contributed by atoms with E-state index in [0.29, 0.717) is 24.4 Å². The van der Waals surface area contributed by atoms with Gasteiger partial charge in [-0.25, -0.2) is 0 Å². The Morgan fingerprint density at radius 3 is 2.56 bits per heavy atom. The number of aryl methyl sites for hydroxylation is 2. The third-order valence-corrected chi connectivity index (χ3v) is 2.49. The Hall–Kier alpha value is -1.55. The fourth-order valence-corrected chi connectivity index (χ4v) is 1.42. The summed E-state index contributed by atoms with van der Waals surface area (Å²) < 4.78 is 5.19. The summed E-state index contributed by atoms with van der Waals surface area (Å²) in [5.41, 5.74) is 8.06. The van der Waals surface area contributed by atoms with Crippen LogP contribution in [0.5, 0.6) is 5.75 Å². The second-order valence-electron chi connectivity index (χ2n) is 3.68. The average Bonchev–Trinajstić information content (AvgIpc) is 2.28. The first-order valence-corrected chi connectivity index (χ1v) is 5.23. The topological polar surface area (TPSA) is 64.3 Å². The second kappa shape index (κ2) is 5.51. The number of benzene rings is 1. The average molecular weight is 222 g/mol. The first-order valence-electron chi connectivity index (χ1n) is 5.23. The molecule has 0 fully saturated rings. The van der Waals surface area contributed by atoms with Gasteiger partial charge in [-0.05, 0) is 37.1 Å². The molecule has 4 heteroatoms. The molecule has 0 bridgehead atoms. The lowest BCUT2D eigenvalue weighted by molar-refractivity contribution is 0.0951. The monoisotopic (exact) mass is 222 g/mol. The number of methoxy groups -OCH3 is 1. The van der Waals surface area contributed by atoms with E-state index in [0.717, 1.165) is 11.1 Å². The van der Waals surface area contributed by atoms with Crippen molar-refractivity contribution in [2.75, 3.05) is 20.2 Å². The van der Waals surface area contributed by atoms with Crippen molar-refractivity contribution < 1.29 is 9.53 Å². The predicted octanol–water partition coefficient (Wildman–Crippen LogP) is 1.00. The molecule has 0 radical (unpaired) electrons. The maximum atomic E-state index is 11.8. The summed E-state index contributed by atoms with van der Waals surface area (Å²) in [5, 5.41) is 2.73. The van der Waals surface area contributed by atoms with Crippen molar-refractivity contribution in [1.29, 1.82) is 0 Å². The maximum absolute atomic E-state index is 11.8. The van der Waals surface area contributed by atoms with E-state index < -0.39 is 0 Å².